The van der Waals surface area contributed by atoms with Crippen molar-refractivity contribution in [2.75, 3.05) is 0 Å². The lowest BCUT2D eigenvalue weighted by Gasteiger charge is -2.03. The number of nitrogens with two attached hydrogens (primary N) is 1. The highest BCUT2D eigenvalue weighted by molar-refractivity contribution is 5.76. The molecule has 0 spiro atoms. The molecule has 0 aromatic heterocycles. The highest BCUT2D eigenvalue weighted by Crippen LogP contribution is 2.06. The van der Waals surface area contributed by atoms with Crippen molar-refractivity contribution in [1.29, 1.82) is 0 Å². The Balaban J connectivity index is 3.30. The maximum Gasteiger partial charge on any atom is 0.220 e. The molecule has 2 heteroatoms. The van der Waals surface area contributed by atoms with Gasteiger partial charge in [0.2, 0.25) is 5.91 Å². The normalized spacial score (nSPS) is 12.5. The zero-order valence-electron chi connectivity index (χ0n) is 6.47. The Kier molecular flexibility index (Phi) is 4.63. The maximum absolute atomic E-state index is 10.5. The summed E-state index contributed by atoms with van der Waals surface area (Å²) >= 11 is 0. The minimum atomic E-state index is -0.205. The van der Waals surface area contributed by atoms with E-state index in [-0.39, 0.29) is 11.8 Å². The predicted molar refractivity (Wildman–Crippen MR) is 42.4 cm³/mol. The molecular weight excluding hydrogens is 126 g/mol. The zero-order valence-corrected chi connectivity index (χ0v) is 6.47. The smallest absolute Gasteiger partial charge is 0.220 e. The van der Waals surface area contributed by atoms with E-state index >= 15 is 0 Å². The molecule has 2 nitrogen and oxygen atoms in total. The second-order valence-electron chi connectivity index (χ2n) is 2.52. The number of primary amides is 1. The van der Waals surface area contributed by atoms with Gasteiger partial charge in [-0.15, -0.1) is 6.58 Å². The fourth-order valence-electron chi connectivity index (χ4n) is 0.711. The molecule has 2 N–H and O–H groups in total. The summed E-state index contributed by atoms with van der Waals surface area (Å²) in [5.74, 6) is -0.191. The lowest BCUT2D eigenvalue weighted by atomic mass is 10.0. The van der Waals surface area contributed by atoms with Crippen LogP contribution in [0, 0.1) is 5.92 Å². The summed E-state index contributed by atoms with van der Waals surface area (Å²) in [5.41, 5.74) is 5.05. The summed E-state index contributed by atoms with van der Waals surface area (Å²) in [6.45, 7) is 5.44. The topological polar surface area (TPSA) is 43.1 Å². The van der Waals surface area contributed by atoms with Gasteiger partial charge in [-0.2, -0.15) is 0 Å². The van der Waals surface area contributed by atoms with Crippen LogP contribution in [0.25, 0.3) is 0 Å². The number of carbonyl (C=O) groups excluding carboxylic acids is 1. The number of allylic oxidation sites excluding steroid dienone is 1. The molecule has 1 amide bonds. The lowest BCUT2D eigenvalue weighted by Crippen LogP contribution is -2.20. The van der Waals surface area contributed by atoms with Gasteiger partial charge in [0.25, 0.3) is 0 Å². The number of rotatable bonds is 5. The monoisotopic (exact) mass is 141 g/mol. The summed E-state index contributed by atoms with van der Waals surface area (Å²) in [7, 11) is 0. The Morgan fingerprint density at radius 1 is 1.80 bits per heavy atom. The van der Waals surface area contributed by atoms with Gasteiger partial charge >= 0.3 is 0 Å². The van der Waals surface area contributed by atoms with Crippen LogP contribution >= 0.6 is 0 Å². The molecule has 0 radical (unpaired) electrons. The van der Waals surface area contributed by atoms with Crippen LogP contribution in [0.5, 0.6) is 0 Å². The van der Waals surface area contributed by atoms with Crippen LogP contribution in [0.1, 0.15) is 26.2 Å². The van der Waals surface area contributed by atoms with Gasteiger partial charge in [0.05, 0.1) is 0 Å². The van der Waals surface area contributed by atoms with Crippen LogP contribution < -0.4 is 5.73 Å². The number of carbonyl (C=O) groups is 1. The van der Waals surface area contributed by atoms with Gasteiger partial charge in [-0.3, -0.25) is 4.79 Å². The molecule has 0 rings (SSSR count). The molecule has 0 saturated heterocycles. The molecule has 0 bridgehead atoms. The van der Waals surface area contributed by atoms with Crippen LogP contribution in [0.3, 0.4) is 0 Å². The first-order valence-electron chi connectivity index (χ1n) is 3.58. The summed E-state index contributed by atoms with van der Waals surface area (Å²) in [6.07, 6.45) is 4.71. The van der Waals surface area contributed by atoms with Gasteiger partial charge < -0.3 is 5.73 Å². The highest BCUT2D eigenvalue weighted by Gasteiger charge is 2.06. The van der Waals surface area contributed by atoms with E-state index in [2.05, 4.69) is 6.58 Å². The fourth-order valence-corrected chi connectivity index (χ4v) is 0.711. The molecule has 0 unspecified atom stereocenters. The van der Waals surface area contributed by atoms with E-state index in [0.717, 1.165) is 19.3 Å². The van der Waals surface area contributed by atoms with Gasteiger partial charge in [0, 0.05) is 5.92 Å². The Morgan fingerprint density at radius 3 is 2.80 bits per heavy atom. The van der Waals surface area contributed by atoms with Crippen LogP contribution in [0.2, 0.25) is 0 Å². The lowest BCUT2D eigenvalue weighted by molar-refractivity contribution is -0.121. The average Bonchev–Trinajstić information content (AvgIpc) is 1.88. The van der Waals surface area contributed by atoms with Gasteiger partial charge in [-0.05, 0) is 19.3 Å². The van der Waals surface area contributed by atoms with Crippen molar-refractivity contribution in [3.8, 4) is 0 Å². The predicted octanol–water partition coefficient (Wildman–Crippen LogP) is 1.46. The summed E-state index contributed by atoms with van der Waals surface area (Å²) < 4.78 is 0. The van der Waals surface area contributed by atoms with E-state index in [0.29, 0.717) is 0 Å². The molecule has 0 aromatic rings. The quantitative estimate of drug-likeness (QED) is 0.457. The van der Waals surface area contributed by atoms with E-state index in [1.165, 1.54) is 0 Å². The van der Waals surface area contributed by atoms with Crippen LogP contribution in [-0.2, 0) is 4.79 Å². The molecule has 0 saturated carbocycles. The van der Waals surface area contributed by atoms with Crippen molar-refractivity contribution in [2.24, 2.45) is 11.7 Å². The zero-order chi connectivity index (χ0) is 7.98. The molecule has 58 valence electrons. The first-order valence-corrected chi connectivity index (χ1v) is 3.58. The van der Waals surface area contributed by atoms with Crippen molar-refractivity contribution < 1.29 is 4.79 Å². The Labute approximate surface area is 62.1 Å². The van der Waals surface area contributed by atoms with Crippen molar-refractivity contribution in [3.05, 3.63) is 12.7 Å². The molecule has 0 heterocycles. The Bertz CT molecular complexity index is 120. The molecule has 0 aliphatic rings. The summed E-state index contributed by atoms with van der Waals surface area (Å²) in [6, 6.07) is 0. The molecule has 0 aromatic carbocycles. The van der Waals surface area contributed by atoms with Crippen molar-refractivity contribution in [1.82, 2.24) is 0 Å². The van der Waals surface area contributed by atoms with Gasteiger partial charge in [0.15, 0.2) is 0 Å². The number of amides is 1. The minimum Gasteiger partial charge on any atom is -0.369 e. The molecule has 10 heavy (non-hydrogen) atoms. The third-order valence-corrected chi connectivity index (χ3v) is 1.53. The Hall–Kier alpha value is -0.790. The standard InChI is InChI=1S/C8H15NO/c1-3-4-5-6-7(2)8(9)10/h3,7H,1,4-6H2,2H3,(H2,9,10)/t7-/m1/s1. The van der Waals surface area contributed by atoms with Gasteiger partial charge in [0.1, 0.15) is 0 Å². The average molecular weight is 141 g/mol. The van der Waals surface area contributed by atoms with Crippen molar-refractivity contribution in [3.63, 3.8) is 0 Å². The van der Waals surface area contributed by atoms with Crippen molar-refractivity contribution in [2.45, 2.75) is 26.2 Å². The van der Waals surface area contributed by atoms with Crippen molar-refractivity contribution >= 4 is 5.91 Å². The molecule has 0 fully saturated rings. The third kappa shape index (κ3) is 4.13. The molecular formula is C8H15NO. The third-order valence-electron chi connectivity index (χ3n) is 1.53. The largest absolute Gasteiger partial charge is 0.369 e. The SMILES string of the molecule is C=CCCC[C@@H](C)C(N)=O. The first-order chi connectivity index (χ1) is 4.68. The second-order valence-corrected chi connectivity index (χ2v) is 2.52. The summed E-state index contributed by atoms with van der Waals surface area (Å²) in [4.78, 5) is 10.5. The molecule has 0 aliphatic heterocycles. The van der Waals surface area contributed by atoms with Crippen LogP contribution in [0.4, 0.5) is 0 Å². The summed E-state index contributed by atoms with van der Waals surface area (Å²) in [5, 5.41) is 0. The molecule has 0 aliphatic carbocycles. The molecule has 1 atom stereocenters. The Morgan fingerprint density at radius 2 is 2.40 bits per heavy atom. The van der Waals surface area contributed by atoms with Gasteiger partial charge in [-0.1, -0.05) is 13.0 Å². The van der Waals surface area contributed by atoms with E-state index < -0.39 is 0 Å². The van der Waals surface area contributed by atoms with E-state index in [9.17, 15) is 4.79 Å². The second kappa shape index (κ2) is 5.03. The van der Waals surface area contributed by atoms with Crippen LogP contribution in [-0.4, -0.2) is 5.91 Å². The number of hydrogen-bond acceptors (Lipinski definition) is 1. The van der Waals surface area contributed by atoms with E-state index in [4.69, 9.17) is 5.73 Å². The van der Waals surface area contributed by atoms with E-state index in [1.807, 2.05) is 13.0 Å². The van der Waals surface area contributed by atoms with Gasteiger partial charge in [-0.25, -0.2) is 0 Å². The highest BCUT2D eigenvalue weighted by atomic mass is 16.1. The maximum atomic E-state index is 10.5. The van der Waals surface area contributed by atoms with Crippen LogP contribution in [0.15, 0.2) is 12.7 Å². The number of hydrogen-bond donors (Lipinski definition) is 1. The number of unbranched alkanes of at least 4 members (excludes halogenated alkanes) is 1. The first kappa shape index (κ1) is 9.21. The fraction of sp³-hybridized carbons (Fsp3) is 0.625. The minimum absolute atomic E-state index is 0.0138. The van der Waals surface area contributed by atoms with E-state index in [1.54, 1.807) is 0 Å².